The van der Waals surface area contributed by atoms with E-state index in [1.54, 1.807) is 24.7 Å². The van der Waals surface area contributed by atoms with Crippen LogP contribution in [0.1, 0.15) is 42.5 Å². The second-order valence-corrected chi connectivity index (χ2v) is 9.19. The summed E-state index contributed by atoms with van der Waals surface area (Å²) in [5.74, 6) is 1.89. The van der Waals surface area contributed by atoms with E-state index < -0.39 is 0 Å². The monoisotopic (exact) mass is 439 g/mol. The van der Waals surface area contributed by atoms with Crippen molar-refractivity contribution >= 4 is 28.3 Å². The fourth-order valence-corrected chi connectivity index (χ4v) is 5.03. The van der Waals surface area contributed by atoms with E-state index in [0.717, 1.165) is 35.2 Å². The molecule has 1 N–H and O–H groups in total. The summed E-state index contributed by atoms with van der Waals surface area (Å²) in [6.45, 7) is 2.02. The first-order valence-corrected chi connectivity index (χ1v) is 11.5. The Kier molecular flexibility index (Phi) is 4.82. The van der Waals surface area contributed by atoms with Gasteiger partial charge in [0, 0.05) is 42.0 Å². The number of hydrogen-bond donors (Lipinski definition) is 1. The summed E-state index contributed by atoms with van der Waals surface area (Å²) in [6, 6.07) is 11.5. The summed E-state index contributed by atoms with van der Waals surface area (Å²) in [4.78, 5) is 28.2. The van der Waals surface area contributed by atoms with Crippen LogP contribution >= 0.6 is 0 Å². The van der Waals surface area contributed by atoms with Gasteiger partial charge in [0.15, 0.2) is 12.2 Å². The number of pyridine rings is 2. The van der Waals surface area contributed by atoms with Crippen molar-refractivity contribution in [2.24, 2.45) is 5.41 Å². The number of rotatable bonds is 4. The van der Waals surface area contributed by atoms with Crippen molar-refractivity contribution in [2.45, 2.75) is 32.1 Å². The maximum Gasteiger partial charge on any atom is 0.257 e. The quantitative estimate of drug-likeness (QED) is 0.464. The van der Waals surface area contributed by atoms with Crippen molar-refractivity contribution in [3.63, 3.8) is 0 Å². The summed E-state index contributed by atoms with van der Waals surface area (Å²) in [6.07, 6.45) is 13.1. The Bertz CT molecular complexity index is 1300. The number of amides is 1. The maximum absolute atomic E-state index is 13.0. The van der Waals surface area contributed by atoms with E-state index in [9.17, 15) is 4.79 Å². The van der Waals surface area contributed by atoms with Crippen molar-refractivity contribution in [3.8, 4) is 11.3 Å². The number of nitrogens with one attached hydrogen (secondary N) is 1. The number of carbonyl (C=O) groups is 1. The van der Waals surface area contributed by atoms with Crippen LogP contribution in [0.25, 0.3) is 22.1 Å². The van der Waals surface area contributed by atoms with Gasteiger partial charge < -0.3 is 14.6 Å². The van der Waals surface area contributed by atoms with E-state index in [1.165, 1.54) is 38.5 Å². The first-order valence-electron chi connectivity index (χ1n) is 11.5. The van der Waals surface area contributed by atoms with Gasteiger partial charge in [-0.25, -0.2) is 15.0 Å². The lowest BCUT2D eigenvalue weighted by atomic mass is 9.63. The van der Waals surface area contributed by atoms with Crippen molar-refractivity contribution < 1.29 is 9.21 Å². The Morgan fingerprint density at radius 2 is 1.85 bits per heavy atom. The fourth-order valence-electron chi connectivity index (χ4n) is 5.03. The minimum atomic E-state index is -0.190. The third-order valence-corrected chi connectivity index (χ3v) is 7.25. The summed E-state index contributed by atoms with van der Waals surface area (Å²) in [7, 11) is 0. The molecule has 0 atom stereocenters. The zero-order chi connectivity index (χ0) is 22.3. The molecule has 33 heavy (non-hydrogen) atoms. The van der Waals surface area contributed by atoms with E-state index in [2.05, 4.69) is 25.2 Å². The molecule has 2 fully saturated rings. The fraction of sp³-hybridized carbons (Fsp3) is 0.308. The van der Waals surface area contributed by atoms with Gasteiger partial charge in [0.1, 0.15) is 11.6 Å². The van der Waals surface area contributed by atoms with Crippen molar-refractivity contribution in [1.29, 1.82) is 0 Å². The second kappa shape index (κ2) is 7.99. The Hall–Kier alpha value is -3.74. The lowest BCUT2D eigenvalue weighted by Crippen LogP contribution is -2.43. The number of fused-ring (bicyclic) bond motifs is 1. The smallest absolute Gasteiger partial charge is 0.257 e. The second-order valence-electron chi connectivity index (χ2n) is 9.19. The first-order chi connectivity index (χ1) is 16.2. The third kappa shape index (κ3) is 3.84. The molecule has 4 heterocycles. The van der Waals surface area contributed by atoms with Gasteiger partial charge in [-0.05, 0) is 60.7 Å². The molecule has 1 spiro atoms. The molecule has 1 aliphatic carbocycles. The number of carbonyl (C=O) groups excluding carboxylic acids is 1. The van der Waals surface area contributed by atoms with Crippen LogP contribution in [0.4, 0.5) is 11.6 Å². The number of piperidine rings is 1. The molecule has 3 aromatic heterocycles. The highest BCUT2D eigenvalue weighted by molar-refractivity contribution is 6.05. The molecular formula is C26H25N5O2. The normalized spacial score (nSPS) is 17.2. The zero-order valence-electron chi connectivity index (χ0n) is 18.3. The SMILES string of the molecule is O=C(Nc1cc2cc(-c3cnco3)ccc2cn1)c1ccnc(N2CCC3(CCC3)CC2)c1. The average Bonchev–Trinajstić information content (AvgIpc) is 3.38. The van der Waals surface area contributed by atoms with Gasteiger partial charge >= 0.3 is 0 Å². The Morgan fingerprint density at radius 3 is 2.61 bits per heavy atom. The van der Waals surface area contributed by atoms with Crippen LogP contribution in [-0.4, -0.2) is 33.9 Å². The molecule has 1 aromatic carbocycles. The number of benzene rings is 1. The summed E-state index contributed by atoms with van der Waals surface area (Å²) >= 11 is 0. The molecular weight excluding hydrogens is 414 g/mol. The van der Waals surface area contributed by atoms with Crippen molar-refractivity contribution in [3.05, 3.63) is 66.9 Å². The standard InChI is InChI=1S/C26H25N5O2/c32-25(19-4-9-28-24(14-19)31-10-7-26(8-11-31)5-1-6-26)30-23-13-21-12-18(22-16-27-17-33-22)2-3-20(21)15-29-23/h2-4,9,12-17H,1,5-8,10-11H2,(H,29,30,32). The molecule has 6 rings (SSSR count). The minimum absolute atomic E-state index is 0.190. The number of hydrogen-bond acceptors (Lipinski definition) is 6. The molecule has 0 bridgehead atoms. The molecule has 1 saturated heterocycles. The van der Waals surface area contributed by atoms with E-state index in [0.29, 0.717) is 22.6 Å². The molecule has 0 radical (unpaired) electrons. The van der Waals surface area contributed by atoms with Crippen LogP contribution in [0.5, 0.6) is 0 Å². The molecule has 1 aliphatic heterocycles. The van der Waals surface area contributed by atoms with Gasteiger partial charge in [-0.15, -0.1) is 0 Å². The van der Waals surface area contributed by atoms with Crippen LogP contribution in [0.2, 0.25) is 0 Å². The first kappa shape index (κ1) is 19.9. The summed E-state index contributed by atoms with van der Waals surface area (Å²) in [5, 5.41) is 4.88. The number of nitrogens with zero attached hydrogens (tertiary/aromatic N) is 4. The molecule has 1 saturated carbocycles. The van der Waals surface area contributed by atoms with Crippen LogP contribution in [0.3, 0.4) is 0 Å². The van der Waals surface area contributed by atoms with Crippen molar-refractivity contribution in [1.82, 2.24) is 15.0 Å². The van der Waals surface area contributed by atoms with Crippen molar-refractivity contribution in [2.75, 3.05) is 23.3 Å². The Labute approximate surface area is 191 Å². The molecule has 166 valence electrons. The van der Waals surface area contributed by atoms with Gasteiger partial charge in [-0.1, -0.05) is 18.6 Å². The molecule has 1 amide bonds. The topological polar surface area (TPSA) is 84.2 Å². The van der Waals surface area contributed by atoms with Gasteiger partial charge in [-0.2, -0.15) is 0 Å². The van der Waals surface area contributed by atoms with E-state index in [-0.39, 0.29) is 5.91 Å². The van der Waals surface area contributed by atoms with Gasteiger partial charge in [0.05, 0.1) is 6.20 Å². The predicted octanol–water partition coefficient (Wildman–Crippen LogP) is 5.31. The lowest BCUT2D eigenvalue weighted by molar-refractivity contribution is 0.0952. The zero-order valence-corrected chi connectivity index (χ0v) is 18.3. The highest BCUT2D eigenvalue weighted by atomic mass is 16.3. The van der Waals surface area contributed by atoms with Gasteiger partial charge in [0.2, 0.25) is 0 Å². The molecule has 7 nitrogen and oxygen atoms in total. The van der Waals surface area contributed by atoms with E-state index in [4.69, 9.17) is 4.42 Å². The Morgan fingerprint density at radius 1 is 0.970 bits per heavy atom. The number of oxazole rings is 1. The van der Waals surface area contributed by atoms with Gasteiger partial charge in [0.25, 0.3) is 5.91 Å². The van der Waals surface area contributed by atoms with Crippen LogP contribution in [0.15, 0.2) is 65.8 Å². The lowest BCUT2D eigenvalue weighted by Gasteiger charge is -2.48. The summed E-state index contributed by atoms with van der Waals surface area (Å²) < 4.78 is 5.40. The molecule has 2 aliphatic rings. The summed E-state index contributed by atoms with van der Waals surface area (Å²) in [5.41, 5.74) is 2.09. The van der Waals surface area contributed by atoms with E-state index >= 15 is 0 Å². The molecule has 0 unspecified atom stereocenters. The minimum Gasteiger partial charge on any atom is -0.444 e. The predicted molar refractivity (Wildman–Crippen MR) is 127 cm³/mol. The van der Waals surface area contributed by atoms with E-state index in [1.807, 2.05) is 30.3 Å². The third-order valence-electron chi connectivity index (χ3n) is 7.25. The highest BCUT2D eigenvalue weighted by Gasteiger charge is 2.39. The van der Waals surface area contributed by atoms with Gasteiger partial charge in [-0.3, -0.25) is 4.79 Å². The highest BCUT2D eigenvalue weighted by Crippen LogP contribution is 2.49. The molecule has 4 aromatic rings. The average molecular weight is 440 g/mol. The number of aromatic nitrogens is 3. The Balaban J connectivity index is 1.19. The maximum atomic E-state index is 13.0. The van der Waals surface area contributed by atoms with Crippen LogP contribution in [-0.2, 0) is 0 Å². The molecule has 7 heteroatoms. The van der Waals surface area contributed by atoms with Crippen LogP contribution < -0.4 is 10.2 Å². The number of anilines is 2. The van der Waals surface area contributed by atoms with Crippen LogP contribution in [0, 0.1) is 5.41 Å². The largest absolute Gasteiger partial charge is 0.444 e.